The van der Waals surface area contributed by atoms with E-state index in [0.29, 0.717) is 12.2 Å². The summed E-state index contributed by atoms with van der Waals surface area (Å²) in [5, 5.41) is 14.3. The molecule has 1 aliphatic heterocycles. The quantitative estimate of drug-likeness (QED) is 0.374. The Hall–Kier alpha value is -4.43. The molecule has 4 heterocycles. The first-order chi connectivity index (χ1) is 18.9. The molecular weight excluding hydrogens is 546 g/mol. The number of imidazole rings is 1. The Labute approximate surface area is 229 Å². The highest BCUT2D eigenvalue weighted by molar-refractivity contribution is 7.14. The Balaban J connectivity index is 1.41. The summed E-state index contributed by atoms with van der Waals surface area (Å²) in [5.74, 6) is -0.562. The molecule has 0 atom stereocenters. The lowest BCUT2D eigenvalue weighted by molar-refractivity contribution is -0.117. The van der Waals surface area contributed by atoms with Crippen molar-refractivity contribution in [3.05, 3.63) is 74.7 Å². The van der Waals surface area contributed by atoms with E-state index in [9.17, 15) is 19.5 Å². The highest BCUT2D eigenvalue weighted by Gasteiger charge is 2.27. The lowest BCUT2D eigenvalue weighted by Gasteiger charge is -2.17. The van der Waals surface area contributed by atoms with Gasteiger partial charge in [-0.2, -0.15) is 0 Å². The molecule has 0 spiro atoms. The van der Waals surface area contributed by atoms with E-state index >= 15 is 0 Å². The molecule has 12 nitrogen and oxygen atoms in total. The lowest BCUT2D eigenvalue weighted by Crippen LogP contribution is -2.25. The van der Waals surface area contributed by atoms with Crippen molar-refractivity contribution in [3.63, 3.8) is 0 Å². The summed E-state index contributed by atoms with van der Waals surface area (Å²) in [5.41, 5.74) is 0.576. The molecule has 3 aromatic heterocycles. The molecule has 2 N–H and O–H groups in total. The number of carbonyl (C=O) groups excluding carboxylic acids is 2. The van der Waals surface area contributed by atoms with E-state index in [-0.39, 0.29) is 45.6 Å². The Morgan fingerprint density at radius 3 is 2.85 bits per heavy atom. The Morgan fingerprint density at radius 2 is 2.10 bits per heavy atom. The monoisotopic (exact) mass is 569 g/mol. The van der Waals surface area contributed by atoms with E-state index < -0.39 is 17.5 Å². The van der Waals surface area contributed by atoms with Crippen LogP contribution in [-0.2, 0) is 19.0 Å². The van der Waals surface area contributed by atoms with Crippen molar-refractivity contribution in [2.75, 3.05) is 12.0 Å². The molecule has 1 aliphatic carbocycles. The minimum absolute atomic E-state index is 0.0176. The van der Waals surface area contributed by atoms with Gasteiger partial charge in [-0.1, -0.05) is 30.7 Å². The zero-order chi connectivity index (χ0) is 27.5. The number of amides is 1. The number of esters is 1. The van der Waals surface area contributed by atoms with E-state index in [1.807, 2.05) is 12.2 Å². The van der Waals surface area contributed by atoms with Crippen LogP contribution in [0.3, 0.4) is 0 Å². The van der Waals surface area contributed by atoms with Gasteiger partial charge in [-0.25, -0.2) is 29.0 Å². The van der Waals surface area contributed by atoms with Crippen LogP contribution in [0.1, 0.15) is 48.8 Å². The molecule has 1 amide bonds. The first-order valence-electron chi connectivity index (χ1n) is 11.8. The zero-order valence-corrected chi connectivity index (χ0v) is 22.5. The molecule has 0 unspecified atom stereocenters. The molecule has 202 valence electrons. The van der Waals surface area contributed by atoms with Crippen molar-refractivity contribution in [2.24, 2.45) is 0 Å². The number of ether oxygens (including phenoxy) is 3. The van der Waals surface area contributed by atoms with E-state index in [4.69, 9.17) is 14.2 Å². The van der Waals surface area contributed by atoms with Gasteiger partial charge >= 0.3 is 11.7 Å². The highest BCUT2D eigenvalue weighted by Crippen LogP contribution is 2.35. The third-order valence-corrected chi connectivity index (χ3v) is 7.40. The number of thiazole rings is 2. The van der Waals surface area contributed by atoms with Gasteiger partial charge in [0.1, 0.15) is 18.3 Å². The van der Waals surface area contributed by atoms with Crippen molar-refractivity contribution in [1.82, 2.24) is 19.5 Å². The molecular formula is C25H23N5O7S2. The molecule has 0 radical (unpaired) electrons. The molecule has 5 rings (SSSR count). The van der Waals surface area contributed by atoms with Crippen molar-refractivity contribution in [2.45, 2.75) is 32.6 Å². The summed E-state index contributed by atoms with van der Waals surface area (Å²) in [6, 6.07) is 0. The summed E-state index contributed by atoms with van der Waals surface area (Å²) in [6.45, 7) is 1.68. The first-order valence-corrected chi connectivity index (χ1v) is 13.6. The van der Waals surface area contributed by atoms with Crippen molar-refractivity contribution < 1.29 is 28.9 Å². The number of nitrogens with zero attached hydrogens (tertiary/aromatic N) is 4. The van der Waals surface area contributed by atoms with Crippen molar-refractivity contribution in [3.8, 4) is 11.0 Å². The van der Waals surface area contributed by atoms with Crippen LogP contribution >= 0.6 is 22.7 Å². The predicted octanol–water partition coefficient (Wildman–Crippen LogP) is 4.50. The molecule has 14 heteroatoms. The second-order valence-electron chi connectivity index (χ2n) is 8.31. The fourth-order valence-electron chi connectivity index (χ4n) is 3.87. The third-order valence-electron chi connectivity index (χ3n) is 5.76. The Kier molecular flexibility index (Phi) is 7.47. The number of aromatic hydroxyl groups is 1. The van der Waals surface area contributed by atoms with Crippen LogP contribution in [-0.4, -0.2) is 43.6 Å². The van der Waals surface area contributed by atoms with Crippen LogP contribution < -0.4 is 10.6 Å². The average Bonchev–Trinajstić information content (AvgIpc) is 3.69. The summed E-state index contributed by atoms with van der Waals surface area (Å²) < 4.78 is 17.0. The maximum Gasteiger partial charge on any atom is 0.357 e. The van der Waals surface area contributed by atoms with Crippen LogP contribution in [0.2, 0.25) is 0 Å². The van der Waals surface area contributed by atoms with Gasteiger partial charge in [-0.05, 0) is 12.8 Å². The third kappa shape index (κ3) is 5.28. The summed E-state index contributed by atoms with van der Waals surface area (Å²) in [6.07, 6.45) is 11.4. The van der Waals surface area contributed by atoms with E-state index in [0.717, 1.165) is 40.1 Å². The Morgan fingerprint density at radius 1 is 1.26 bits per heavy atom. The number of aromatic amines is 1. The molecule has 0 fully saturated rings. The maximum atomic E-state index is 12.9. The maximum absolute atomic E-state index is 12.9. The second-order valence-corrected chi connectivity index (χ2v) is 9.99. The second kappa shape index (κ2) is 11.1. The largest absolute Gasteiger partial charge is 0.492 e. The number of nitrogens with one attached hydrogen (secondary N) is 1. The number of H-pyrrole nitrogens is 1. The van der Waals surface area contributed by atoms with Crippen LogP contribution in [0.5, 0.6) is 5.88 Å². The van der Waals surface area contributed by atoms with Gasteiger partial charge in [0, 0.05) is 23.6 Å². The van der Waals surface area contributed by atoms with Gasteiger partial charge in [0.05, 0.1) is 7.11 Å². The first kappa shape index (κ1) is 26.2. The van der Waals surface area contributed by atoms with E-state index in [1.54, 1.807) is 12.3 Å². The predicted molar refractivity (Wildman–Crippen MR) is 144 cm³/mol. The summed E-state index contributed by atoms with van der Waals surface area (Å²) in [7, 11) is 1.24. The molecule has 3 aromatic rings. The number of anilines is 2. The van der Waals surface area contributed by atoms with E-state index in [2.05, 4.69) is 21.0 Å². The van der Waals surface area contributed by atoms with Gasteiger partial charge in [0.25, 0.3) is 0 Å². The van der Waals surface area contributed by atoms with Gasteiger partial charge in [0.2, 0.25) is 16.9 Å². The highest BCUT2D eigenvalue weighted by atomic mass is 32.1. The molecule has 0 saturated heterocycles. The SMILES string of the molecule is CCC(=O)N(c1csc(-n2c(O)c(C3=COC=C(CC4=CC=CCC4)O3)[nH]c2=O)n1)c1nc(C(=O)OC)cs1. The van der Waals surface area contributed by atoms with Crippen molar-refractivity contribution >= 4 is 51.3 Å². The fraction of sp³-hybridized carbons (Fsp3) is 0.240. The number of hydrogen-bond acceptors (Lipinski definition) is 11. The summed E-state index contributed by atoms with van der Waals surface area (Å²) in [4.78, 5) is 50.0. The zero-order valence-electron chi connectivity index (χ0n) is 20.9. The molecule has 0 bridgehead atoms. The lowest BCUT2D eigenvalue weighted by atomic mass is 10.0. The Bertz CT molecular complexity index is 1600. The number of aromatic nitrogens is 4. The average molecular weight is 570 g/mol. The smallest absolute Gasteiger partial charge is 0.357 e. The van der Waals surface area contributed by atoms with E-state index in [1.165, 1.54) is 35.5 Å². The van der Waals surface area contributed by atoms with Crippen LogP contribution in [0.4, 0.5) is 10.9 Å². The molecule has 0 saturated carbocycles. The van der Waals surface area contributed by atoms with Crippen LogP contribution in [0.25, 0.3) is 10.9 Å². The number of allylic oxidation sites excluding steroid dienone is 4. The number of hydrogen-bond donors (Lipinski definition) is 2. The number of methoxy groups -OCH3 is 1. The van der Waals surface area contributed by atoms with Gasteiger partial charge in [0.15, 0.2) is 28.1 Å². The topological polar surface area (TPSA) is 149 Å². The molecule has 0 aromatic carbocycles. The molecule has 39 heavy (non-hydrogen) atoms. The fourth-order valence-corrected chi connectivity index (χ4v) is 5.47. The summed E-state index contributed by atoms with van der Waals surface area (Å²) >= 11 is 2.10. The van der Waals surface area contributed by atoms with Crippen molar-refractivity contribution in [1.29, 1.82) is 0 Å². The van der Waals surface area contributed by atoms with Crippen LogP contribution in [0.15, 0.2) is 57.6 Å². The van der Waals surface area contributed by atoms with Gasteiger partial charge in [-0.3, -0.25) is 9.78 Å². The minimum atomic E-state index is -0.667. The van der Waals surface area contributed by atoms with Gasteiger partial charge in [-0.15, -0.1) is 22.7 Å². The normalized spacial score (nSPS) is 14.6. The molecule has 2 aliphatic rings. The minimum Gasteiger partial charge on any atom is -0.492 e. The number of rotatable bonds is 8. The standard InChI is InChI=1S/C25H23N5O7S2/c1-3-19(31)29(24-26-16(12-38-24)22(33)35-2)18-13-39-25(27-18)30-21(32)20(28-23(30)34)17-11-36-10-15(37-17)9-14-7-5-4-6-8-14/h4-5,7,10-13,32H,3,6,8-9H2,1-2H3,(H,28,34). The van der Waals surface area contributed by atoms with Crippen LogP contribution in [0, 0.1) is 0 Å². The number of carbonyl (C=O) groups is 2. The van der Waals surface area contributed by atoms with Gasteiger partial charge < -0.3 is 19.3 Å².